The van der Waals surface area contributed by atoms with Gasteiger partial charge in [0.15, 0.2) is 0 Å². The van der Waals surface area contributed by atoms with Crippen LogP contribution >= 0.6 is 0 Å². The Kier molecular flexibility index (Phi) is 6.30. The molecule has 0 aliphatic carbocycles. The average Bonchev–Trinajstić information content (AvgIpc) is 2.96. The Labute approximate surface area is 230 Å². The molecule has 4 aromatic carbocycles. The van der Waals surface area contributed by atoms with Gasteiger partial charge in [-0.15, -0.1) is 0 Å². The van der Waals surface area contributed by atoms with Crippen molar-refractivity contribution >= 4 is 11.3 Å². The lowest BCUT2D eigenvalue weighted by atomic mass is 9.85. The molecule has 6 rings (SSSR count). The summed E-state index contributed by atoms with van der Waals surface area (Å²) in [7, 11) is 3.05. The fourth-order valence-corrected chi connectivity index (χ4v) is 5.37. The maximum atomic E-state index is 11.1. The lowest BCUT2D eigenvalue weighted by molar-refractivity contribution is 0.258. The van der Waals surface area contributed by atoms with Gasteiger partial charge in [-0.3, -0.25) is 0 Å². The second kappa shape index (κ2) is 9.96. The number of ether oxygens (including phenoxy) is 4. The summed E-state index contributed by atoms with van der Waals surface area (Å²) in [6.45, 7) is 0.319. The molecule has 4 aromatic rings. The van der Waals surface area contributed by atoms with E-state index in [0.29, 0.717) is 64.9 Å². The highest BCUT2D eigenvalue weighted by molar-refractivity contribution is 5.94. The quantitative estimate of drug-likeness (QED) is 0.253. The lowest BCUT2D eigenvalue weighted by Crippen LogP contribution is -2.19. The fourth-order valence-electron chi connectivity index (χ4n) is 5.37. The van der Waals surface area contributed by atoms with E-state index in [1.165, 1.54) is 20.3 Å². The lowest BCUT2D eigenvalue weighted by Gasteiger charge is -2.29. The summed E-state index contributed by atoms with van der Waals surface area (Å²) in [5.41, 5.74) is 4.32. The summed E-state index contributed by atoms with van der Waals surface area (Å²) >= 11 is 0. The number of hydrogen-bond donors (Lipinski definition) is 4. The molecular weight excluding hydrogens is 512 g/mol. The van der Waals surface area contributed by atoms with Gasteiger partial charge in [-0.1, -0.05) is 12.1 Å². The predicted octanol–water partition coefficient (Wildman–Crippen LogP) is 5.75. The van der Waals surface area contributed by atoms with Crippen molar-refractivity contribution in [1.29, 1.82) is 0 Å². The zero-order chi connectivity index (χ0) is 28.0. The van der Waals surface area contributed by atoms with Crippen LogP contribution in [0.4, 0.5) is 0 Å². The van der Waals surface area contributed by atoms with Crippen LogP contribution in [0.3, 0.4) is 0 Å². The van der Waals surface area contributed by atoms with E-state index >= 15 is 0 Å². The van der Waals surface area contributed by atoms with Crippen LogP contribution in [0.5, 0.6) is 46.0 Å². The van der Waals surface area contributed by atoms with Crippen molar-refractivity contribution in [3.05, 3.63) is 94.5 Å². The zero-order valence-electron chi connectivity index (χ0n) is 22.0. The number of rotatable bonds is 5. The van der Waals surface area contributed by atoms with E-state index in [1.54, 1.807) is 48.5 Å². The Morgan fingerprint density at radius 3 is 2.20 bits per heavy atom. The maximum Gasteiger partial charge on any atom is 0.142 e. The summed E-state index contributed by atoms with van der Waals surface area (Å²) < 4.78 is 23.3. The van der Waals surface area contributed by atoms with E-state index in [4.69, 9.17) is 18.9 Å². The van der Waals surface area contributed by atoms with Crippen molar-refractivity contribution in [3.8, 4) is 46.0 Å². The van der Waals surface area contributed by atoms with Gasteiger partial charge in [0.1, 0.15) is 51.8 Å². The van der Waals surface area contributed by atoms with E-state index < -0.39 is 0 Å². The monoisotopic (exact) mass is 540 g/mol. The highest BCUT2D eigenvalue weighted by atomic mass is 16.5. The number of fused-ring (bicyclic) bond motifs is 2. The van der Waals surface area contributed by atoms with Gasteiger partial charge < -0.3 is 39.4 Å². The molecule has 2 aliphatic heterocycles. The van der Waals surface area contributed by atoms with Crippen LogP contribution in [0.1, 0.15) is 33.7 Å². The average molecular weight is 541 g/mol. The van der Waals surface area contributed by atoms with E-state index in [2.05, 4.69) is 0 Å². The third-order valence-electron chi connectivity index (χ3n) is 7.42. The van der Waals surface area contributed by atoms with Gasteiger partial charge in [-0.25, -0.2) is 0 Å². The van der Waals surface area contributed by atoms with Gasteiger partial charge in [-0.05, 0) is 47.9 Å². The highest BCUT2D eigenvalue weighted by Gasteiger charge is 2.30. The number of aromatic hydroxyl groups is 4. The first-order valence-corrected chi connectivity index (χ1v) is 12.8. The number of benzene rings is 4. The first kappa shape index (κ1) is 25.3. The van der Waals surface area contributed by atoms with E-state index in [9.17, 15) is 20.4 Å². The molecule has 4 N–H and O–H groups in total. The Morgan fingerprint density at radius 2 is 1.48 bits per heavy atom. The summed E-state index contributed by atoms with van der Waals surface area (Å²) in [6.07, 6.45) is 1.03. The summed E-state index contributed by atoms with van der Waals surface area (Å²) in [5.74, 6) is 2.53. The molecule has 2 aliphatic rings. The normalized spacial score (nSPS) is 15.9. The van der Waals surface area contributed by atoms with Crippen LogP contribution in [0.2, 0.25) is 0 Å². The molecule has 2 heterocycles. The molecule has 8 nitrogen and oxygen atoms in total. The molecule has 0 radical (unpaired) electrons. The Balaban J connectivity index is 1.50. The zero-order valence-corrected chi connectivity index (χ0v) is 22.0. The van der Waals surface area contributed by atoms with Crippen molar-refractivity contribution in [2.75, 3.05) is 20.8 Å². The van der Waals surface area contributed by atoms with Crippen LogP contribution in [0.25, 0.3) is 11.3 Å². The summed E-state index contributed by atoms with van der Waals surface area (Å²) in [6, 6.07) is 18.4. The van der Waals surface area contributed by atoms with Gasteiger partial charge in [0, 0.05) is 53.3 Å². The van der Waals surface area contributed by atoms with E-state index in [0.717, 1.165) is 16.7 Å². The molecule has 0 fully saturated rings. The number of hydrogen-bond acceptors (Lipinski definition) is 8. The number of allylic oxidation sites excluding steroid dienone is 1. The van der Waals surface area contributed by atoms with Crippen LogP contribution in [-0.2, 0) is 12.8 Å². The molecule has 0 spiro atoms. The molecule has 0 amide bonds. The molecule has 8 heteroatoms. The third-order valence-corrected chi connectivity index (χ3v) is 7.42. The molecule has 0 saturated heterocycles. The number of phenols is 4. The minimum atomic E-state index is -0.158. The molecule has 1 atom stereocenters. The van der Waals surface area contributed by atoms with Crippen LogP contribution < -0.4 is 18.9 Å². The van der Waals surface area contributed by atoms with Gasteiger partial charge in [0.2, 0.25) is 0 Å². The highest BCUT2D eigenvalue weighted by Crippen LogP contribution is 2.47. The van der Waals surface area contributed by atoms with Crippen molar-refractivity contribution in [1.82, 2.24) is 0 Å². The number of phenolic OH excluding ortho intramolecular Hbond substituents is 4. The van der Waals surface area contributed by atoms with Gasteiger partial charge in [0.05, 0.1) is 26.4 Å². The van der Waals surface area contributed by atoms with Gasteiger partial charge in [0.25, 0.3) is 0 Å². The molecular formula is C32H28O8. The van der Waals surface area contributed by atoms with E-state index in [-0.39, 0.29) is 28.9 Å². The second-order valence-electron chi connectivity index (χ2n) is 9.88. The molecule has 0 bridgehead atoms. The molecule has 0 aromatic heterocycles. The predicted molar refractivity (Wildman–Crippen MR) is 149 cm³/mol. The molecule has 204 valence electrons. The Morgan fingerprint density at radius 1 is 0.725 bits per heavy atom. The molecule has 40 heavy (non-hydrogen) atoms. The van der Waals surface area contributed by atoms with Crippen molar-refractivity contribution < 1.29 is 39.4 Å². The third kappa shape index (κ3) is 4.47. The van der Waals surface area contributed by atoms with Gasteiger partial charge in [-0.2, -0.15) is 0 Å². The second-order valence-corrected chi connectivity index (χ2v) is 9.88. The summed E-state index contributed by atoms with van der Waals surface area (Å²) in [5, 5.41) is 41.9. The van der Waals surface area contributed by atoms with Gasteiger partial charge >= 0.3 is 0 Å². The van der Waals surface area contributed by atoms with Crippen LogP contribution in [-0.4, -0.2) is 41.3 Å². The Bertz CT molecular complexity index is 1660. The van der Waals surface area contributed by atoms with Crippen LogP contribution in [0, 0.1) is 0 Å². The molecule has 0 unspecified atom stereocenters. The molecule has 0 saturated carbocycles. The minimum Gasteiger partial charge on any atom is -0.508 e. The van der Waals surface area contributed by atoms with Crippen molar-refractivity contribution in [3.63, 3.8) is 0 Å². The largest absolute Gasteiger partial charge is 0.508 e. The Hall–Kier alpha value is -4.98. The smallest absolute Gasteiger partial charge is 0.142 e. The minimum absolute atomic E-state index is 0.0334. The van der Waals surface area contributed by atoms with Crippen molar-refractivity contribution in [2.24, 2.45) is 0 Å². The first-order chi connectivity index (χ1) is 19.3. The first-order valence-electron chi connectivity index (χ1n) is 12.8. The topological polar surface area (TPSA) is 118 Å². The number of methoxy groups -OCH3 is 2. The maximum absolute atomic E-state index is 11.1. The standard InChI is InChI=1S/C32H28O8/c1-37-22-7-8-23(27(35)13-22)32-26(10-18-4-6-21(34)12-30(18)40-32)25-14-24(28(36)15-31(25)38-2)19-9-17-3-5-20(33)11-29(17)39-16-19/h3-8,11-15,19,33-36H,9-10,16H2,1-2H3/t19-/m0/s1. The van der Waals surface area contributed by atoms with Crippen LogP contribution in [0.15, 0.2) is 66.7 Å². The fraction of sp³-hybridized carbons (Fsp3) is 0.188. The SMILES string of the molecule is COc1ccc(C2=C(c3cc([C@@H]4COc5cc(O)ccc5C4)c(O)cc3OC)Cc3ccc(O)cc3O2)c(O)c1. The van der Waals surface area contributed by atoms with Crippen molar-refractivity contribution in [2.45, 2.75) is 18.8 Å². The summed E-state index contributed by atoms with van der Waals surface area (Å²) in [4.78, 5) is 0. The van der Waals surface area contributed by atoms with E-state index in [1.807, 2.05) is 12.1 Å².